The fraction of sp³-hybridized carbons (Fsp3) is 0.455. The van der Waals surface area contributed by atoms with E-state index in [-0.39, 0.29) is 30.5 Å². The van der Waals surface area contributed by atoms with Crippen LogP contribution in [-0.2, 0) is 42.7 Å². The van der Waals surface area contributed by atoms with Crippen molar-refractivity contribution in [1.82, 2.24) is 14.9 Å². The number of nitrogens with two attached hydrogens (primary N) is 2. The van der Waals surface area contributed by atoms with E-state index in [9.17, 15) is 14.4 Å². The first kappa shape index (κ1) is 36.3. The summed E-state index contributed by atoms with van der Waals surface area (Å²) < 4.78 is 20.0. The van der Waals surface area contributed by atoms with Crippen LogP contribution in [0.2, 0.25) is 0 Å². The predicted octanol–water partition coefficient (Wildman–Crippen LogP) is 4.33. The number of imidazole rings is 1. The fourth-order valence-electron chi connectivity index (χ4n) is 4.84. The van der Waals surface area contributed by atoms with Gasteiger partial charge in [-0.2, -0.15) is 0 Å². The van der Waals surface area contributed by atoms with Crippen LogP contribution in [0.4, 0.5) is 11.5 Å². The van der Waals surface area contributed by atoms with Gasteiger partial charge in [-0.15, -0.1) is 12.4 Å². The molecular weight excluding hydrogens is 612 g/mol. The molecule has 6 N–H and O–H groups in total. The van der Waals surface area contributed by atoms with E-state index >= 15 is 0 Å². The SMILES string of the molecule is C[C@H]1O[C@@](NCc2cccc(NCc3ccccc3)c2)(n2cnc(C(N)=O)c2N)[C@H](OC(=O)C(C)(C)C)[C@@H]1OC(=O)C(C)(C)C.Cl. The number of aromatic nitrogens is 2. The molecule has 0 spiro atoms. The molecule has 46 heavy (non-hydrogen) atoms. The van der Waals surface area contributed by atoms with Crippen molar-refractivity contribution >= 4 is 41.8 Å². The number of rotatable bonds is 10. The van der Waals surface area contributed by atoms with Gasteiger partial charge in [-0.1, -0.05) is 42.5 Å². The summed E-state index contributed by atoms with van der Waals surface area (Å²) in [6.07, 6.45) is -1.78. The molecule has 1 aliphatic rings. The van der Waals surface area contributed by atoms with Gasteiger partial charge in [-0.05, 0) is 71.7 Å². The molecule has 1 amide bonds. The normalized spacial score (nSPS) is 21.2. The number of ether oxygens (including phenoxy) is 3. The number of carbonyl (C=O) groups excluding carboxylic acids is 3. The highest BCUT2D eigenvalue weighted by Gasteiger charge is 2.61. The number of nitrogen functional groups attached to an aromatic ring is 1. The minimum Gasteiger partial charge on any atom is -0.455 e. The third-order valence-electron chi connectivity index (χ3n) is 7.42. The molecular formula is C33H45ClN6O6. The van der Waals surface area contributed by atoms with E-state index in [1.807, 2.05) is 54.6 Å². The largest absolute Gasteiger partial charge is 0.455 e. The second kappa shape index (κ2) is 14.1. The third-order valence-corrected chi connectivity index (χ3v) is 7.42. The van der Waals surface area contributed by atoms with Crippen molar-refractivity contribution in [2.75, 3.05) is 11.1 Å². The Morgan fingerprint density at radius 2 is 1.54 bits per heavy atom. The molecule has 250 valence electrons. The number of primary amides is 1. The van der Waals surface area contributed by atoms with Gasteiger partial charge in [0.05, 0.1) is 10.8 Å². The van der Waals surface area contributed by atoms with Crippen molar-refractivity contribution in [1.29, 1.82) is 0 Å². The molecule has 1 saturated heterocycles. The Morgan fingerprint density at radius 1 is 0.935 bits per heavy atom. The molecule has 4 rings (SSSR count). The highest BCUT2D eigenvalue weighted by molar-refractivity contribution is 5.95. The summed E-state index contributed by atoms with van der Waals surface area (Å²) in [6.45, 7) is 12.9. The second-order valence-electron chi connectivity index (χ2n) is 13.3. The van der Waals surface area contributed by atoms with Gasteiger partial charge < -0.3 is 31.0 Å². The first-order valence-electron chi connectivity index (χ1n) is 14.9. The maximum atomic E-state index is 13.4. The van der Waals surface area contributed by atoms with E-state index < -0.39 is 52.8 Å². The van der Waals surface area contributed by atoms with Gasteiger partial charge in [0.2, 0.25) is 12.0 Å². The van der Waals surface area contributed by atoms with E-state index in [1.165, 1.54) is 10.9 Å². The van der Waals surface area contributed by atoms with Crippen LogP contribution in [0.5, 0.6) is 0 Å². The average molecular weight is 657 g/mol. The Labute approximate surface area is 276 Å². The van der Waals surface area contributed by atoms with Crippen molar-refractivity contribution in [3.63, 3.8) is 0 Å². The van der Waals surface area contributed by atoms with Crippen LogP contribution in [0, 0.1) is 10.8 Å². The van der Waals surface area contributed by atoms with Crippen molar-refractivity contribution in [3.8, 4) is 0 Å². The first-order chi connectivity index (χ1) is 21.0. The summed E-state index contributed by atoms with van der Waals surface area (Å²) in [6, 6.07) is 17.8. The maximum absolute atomic E-state index is 13.4. The van der Waals surface area contributed by atoms with E-state index in [4.69, 9.17) is 25.7 Å². The van der Waals surface area contributed by atoms with Crippen molar-refractivity contribution in [2.45, 2.75) is 85.7 Å². The minimum atomic E-state index is -1.75. The standard InChI is InChI=1S/C33H44N6O6.ClH/c1-20-25(43-29(41)31(2,3)4)26(44-30(42)32(5,6)7)33(45-20,39-19-37-24(27(39)34)28(35)40)38-18-22-14-11-15-23(16-22)36-17-21-12-9-8-10-13-21;/h8-16,19-20,25-26,36,38H,17-18,34H2,1-7H3,(H2,35,40);1H/t20-,25-,26-,33+;/m1./s1. The molecule has 0 radical (unpaired) electrons. The summed E-state index contributed by atoms with van der Waals surface area (Å²) in [7, 11) is 0. The van der Waals surface area contributed by atoms with Crippen molar-refractivity contribution in [2.24, 2.45) is 16.6 Å². The molecule has 0 unspecified atom stereocenters. The zero-order valence-corrected chi connectivity index (χ0v) is 28.1. The third kappa shape index (κ3) is 7.98. The lowest BCUT2D eigenvalue weighted by molar-refractivity contribution is -0.199. The summed E-state index contributed by atoms with van der Waals surface area (Å²) in [5.74, 6) is -3.77. The number of benzene rings is 2. The summed E-state index contributed by atoms with van der Waals surface area (Å²) in [4.78, 5) is 42.8. The number of esters is 2. The van der Waals surface area contributed by atoms with Gasteiger partial charge in [0.25, 0.3) is 5.91 Å². The number of hydrogen-bond acceptors (Lipinski definition) is 10. The lowest BCUT2D eigenvalue weighted by atomic mass is 9.96. The highest BCUT2D eigenvalue weighted by Crippen LogP contribution is 2.41. The van der Waals surface area contributed by atoms with Crippen molar-refractivity contribution < 1.29 is 28.6 Å². The summed E-state index contributed by atoms with van der Waals surface area (Å²) in [5.41, 5.74) is 12.9. The molecule has 0 bridgehead atoms. The highest BCUT2D eigenvalue weighted by atomic mass is 35.5. The average Bonchev–Trinajstić information content (AvgIpc) is 3.48. The molecule has 4 atom stereocenters. The first-order valence-corrected chi connectivity index (χ1v) is 14.9. The lowest BCUT2D eigenvalue weighted by Crippen LogP contribution is -2.58. The topological polar surface area (TPSA) is 173 Å². The molecule has 12 nitrogen and oxygen atoms in total. The number of nitrogens with zero attached hydrogens (tertiary/aromatic N) is 2. The zero-order valence-electron chi connectivity index (χ0n) is 27.3. The second-order valence-corrected chi connectivity index (χ2v) is 13.3. The minimum absolute atomic E-state index is 0. The van der Waals surface area contributed by atoms with E-state index in [0.29, 0.717) is 6.54 Å². The number of anilines is 2. The van der Waals surface area contributed by atoms with E-state index in [2.05, 4.69) is 15.6 Å². The number of carbonyl (C=O) groups is 3. The van der Waals surface area contributed by atoms with Crippen LogP contribution in [0.25, 0.3) is 0 Å². The Kier molecular flexibility index (Phi) is 11.1. The van der Waals surface area contributed by atoms with E-state index in [1.54, 1.807) is 48.5 Å². The van der Waals surface area contributed by atoms with Crippen LogP contribution in [0.3, 0.4) is 0 Å². The molecule has 3 aromatic rings. The molecule has 2 heterocycles. The number of hydrogen-bond donors (Lipinski definition) is 4. The molecule has 0 aliphatic carbocycles. The van der Waals surface area contributed by atoms with Gasteiger partial charge in [-0.25, -0.2) is 4.98 Å². The molecule has 1 aliphatic heterocycles. The van der Waals surface area contributed by atoms with Crippen LogP contribution >= 0.6 is 12.4 Å². The molecule has 1 fully saturated rings. The maximum Gasteiger partial charge on any atom is 0.311 e. The Bertz CT molecular complexity index is 1530. The monoisotopic (exact) mass is 656 g/mol. The Morgan fingerprint density at radius 3 is 2.13 bits per heavy atom. The number of amides is 1. The lowest BCUT2D eigenvalue weighted by Gasteiger charge is -2.38. The zero-order chi connectivity index (χ0) is 33.2. The van der Waals surface area contributed by atoms with Gasteiger partial charge in [0.1, 0.15) is 18.2 Å². The van der Waals surface area contributed by atoms with Crippen LogP contribution in [0.1, 0.15) is 70.1 Å². The quantitative estimate of drug-likeness (QED) is 0.230. The van der Waals surface area contributed by atoms with Crippen LogP contribution in [0.15, 0.2) is 60.9 Å². The Balaban J connectivity index is 0.00000576. The smallest absolute Gasteiger partial charge is 0.311 e. The summed E-state index contributed by atoms with van der Waals surface area (Å²) >= 11 is 0. The number of nitrogens with one attached hydrogen (secondary N) is 2. The molecule has 13 heteroatoms. The molecule has 2 aromatic carbocycles. The van der Waals surface area contributed by atoms with Gasteiger partial charge in [0.15, 0.2) is 11.8 Å². The van der Waals surface area contributed by atoms with Gasteiger partial charge >= 0.3 is 11.9 Å². The number of halogens is 1. The predicted molar refractivity (Wildman–Crippen MR) is 177 cm³/mol. The summed E-state index contributed by atoms with van der Waals surface area (Å²) in [5, 5.41) is 6.80. The van der Waals surface area contributed by atoms with Crippen LogP contribution in [-0.4, -0.2) is 45.7 Å². The van der Waals surface area contributed by atoms with Gasteiger partial charge in [0, 0.05) is 18.8 Å². The fourth-order valence-corrected chi connectivity index (χ4v) is 4.84. The van der Waals surface area contributed by atoms with Crippen molar-refractivity contribution in [3.05, 3.63) is 77.7 Å². The van der Waals surface area contributed by atoms with Gasteiger partial charge in [-0.3, -0.25) is 24.3 Å². The van der Waals surface area contributed by atoms with Crippen LogP contribution < -0.4 is 22.1 Å². The van der Waals surface area contributed by atoms with E-state index in [0.717, 1.165) is 16.8 Å². The molecule has 0 saturated carbocycles. The Hall–Kier alpha value is -4.13. The molecule has 1 aromatic heterocycles.